The van der Waals surface area contributed by atoms with Crippen LogP contribution in [0.25, 0.3) is 0 Å². The molecule has 0 heterocycles. The lowest BCUT2D eigenvalue weighted by Gasteiger charge is -1.95. The first kappa shape index (κ1) is 10.8. The van der Waals surface area contributed by atoms with Crippen LogP contribution < -0.4 is 0 Å². The van der Waals surface area contributed by atoms with Crippen LogP contribution in [0.3, 0.4) is 0 Å². The minimum Gasteiger partial charge on any atom is -0.266 e. The van der Waals surface area contributed by atoms with E-state index in [1.165, 1.54) is 12.8 Å². The largest absolute Gasteiger partial charge is 0.266 e. The van der Waals surface area contributed by atoms with Gasteiger partial charge in [-0.05, 0) is 56.8 Å². The van der Waals surface area contributed by atoms with Crippen LogP contribution in [0.1, 0.15) is 33.1 Å². The summed E-state index contributed by atoms with van der Waals surface area (Å²) < 4.78 is 0. The molecular formula is C13H17N. The van der Waals surface area contributed by atoms with E-state index in [2.05, 4.69) is 10.9 Å². The Morgan fingerprint density at radius 2 is 2.21 bits per heavy atom. The molecule has 0 aromatic rings. The molecule has 0 aliphatic heterocycles. The summed E-state index contributed by atoms with van der Waals surface area (Å²) in [7, 11) is 0. The summed E-state index contributed by atoms with van der Waals surface area (Å²) in [6.07, 6.45) is 14.7. The van der Waals surface area contributed by atoms with E-state index in [4.69, 9.17) is 6.42 Å². The Labute approximate surface area is 86.6 Å². The predicted molar refractivity (Wildman–Crippen MR) is 62.2 cm³/mol. The second kappa shape index (κ2) is 5.44. The number of aliphatic imine (C=N–C) groups is 1. The molecule has 0 unspecified atom stereocenters. The fourth-order valence-electron chi connectivity index (χ4n) is 1.09. The second-order valence-electron chi connectivity index (χ2n) is 3.76. The van der Waals surface area contributed by atoms with Crippen molar-refractivity contribution in [1.29, 1.82) is 0 Å². The van der Waals surface area contributed by atoms with Crippen molar-refractivity contribution in [2.24, 2.45) is 10.9 Å². The normalized spacial score (nSPS) is 18.6. The van der Waals surface area contributed by atoms with Gasteiger partial charge in [-0.2, -0.15) is 0 Å². The molecule has 0 N–H and O–H groups in total. The number of hydrogen-bond acceptors (Lipinski definition) is 1. The predicted octanol–water partition coefficient (Wildman–Crippen LogP) is 3.34. The zero-order chi connectivity index (χ0) is 10.4. The highest BCUT2D eigenvalue weighted by Crippen LogP contribution is 2.31. The summed E-state index contributed by atoms with van der Waals surface area (Å²) in [5, 5.41) is 0. The number of hydrogen-bond donors (Lipinski definition) is 0. The SMILES string of the molecule is C#C/C=C\C(C)=C(/C)N=CCC1CC1. The van der Waals surface area contributed by atoms with Crippen LogP contribution in [-0.2, 0) is 0 Å². The van der Waals surface area contributed by atoms with E-state index in [1.54, 1.807) is 6.08 Å². The number of rotatable bonds is 4. The maximum atomic E-state index is 5.13. The summed E-state index contributed by atoms with van der Waals surface area (Å²) in [5.41, 5.74) is 2.19. The number of terminal acetylenes is 1. The van der Waals surface area contributed by atoms with Gasteiger partial charge in [-0.3, -0.25) is 4.99 Å². The van der Waals surface area contributed by atoms with Crippen molar-refractivity contribution in [3.05, 3.63) is 23.4 Å². The molecule has 0 atom stereocenters. The first-order valence-corrected chi connectivity index (χ1v) is 5.06. The summed E-state index contributed by atoms with van der Waals surface area (Å²) >= 11 is 0. The van der Waals surface area contributed by atoms with Crippen molar-refractivity contribution in [3.63, 3.8) is 0 Å². The van der Waals surface area contributed by atoms with Gasteiger partial charge in [0, 0.05) is 11.9 Å². The molecule has 0 amide bonds. The van der Waals surface area contributed by atoms with E-state index in [9.17, 15) is 0 Å². The average Bonchev–Trinajstić information content (AvgIpc) is 2.97. The molecule has 1 fully saturated rings. The molecule has 1 rings (SSSR count). The lowest BCUT2D eigenvalue weighted by atomic mass is 10.2. The Morgan fingerprint density at radius 3 is 2.79 bits per heavy atom. The van der Waals surface area contributed by atoms with Gasteiger partial charge >= 0.3 is 0 Å². The minimum absolute atomic E-state index is 0.910. The summed E-state index contributed by atoms with van der Waals surface area (Å²) in [6.45, 7) is 4.04. The van der Waals surface area contributed by atoms with E-state index in [0.717, 1.165) is 23.6 Å². The van der Waals surface area contributed by atoms with E-state index in [1.807, 2.05) is 26.1 Å². The van der Waals surface area contributed by atoms with Gasteiger partial charge in [-0.25, -0.2) is 0 Å². The molecule has 1 saturated carbocycles. The Balaban J connectivity index is 2.44. The average molecular weight is 187 g/mol. The topological polar surface area (TPSA) is 12.4 Å². The van der Waals surface area contributed by atoms with Gasteiger partial charge in [-0.15, -0.1) is 6.42 Å². The van der Waals surface area contributed by atoms with Crippen molar-refractivity contribution in [3.8, 4) is 12.3 Å². The van der Waals surface area contributed by atoms with Crippen LogP contribution in [0.15, 0.2) is 28.4 Å². The monoisotopic (exact) mass is 187 g/mol. The van der Waals surface area contributed by atoms with Gasteiger partial charge in [0.2, 0.25) is 0 Å². The first-order valence-electron chi connectivity index (χ1n) is 5.06. The summed E-state index contributed by atoms with van der Waals surface area (Å²) in [4.78, 5) is 4.39. The molecule has 1 aliphatic carbocycles. The third-order valence-corrected chi connectivity index (χ3v) is 2.42. The van der Waals surface area contributed by atoms with Gasteiger partial charge < -0.3 is 0 Å². The van der Waals surface area contributed by atoms with Gasteiger partial charge in [-0.1, -0.05) is 5.92 Å². The van der Waals surface area contributed by atoms with Crippen LogP contribution in [0.4, 0.5) is 0 Å². The molecule has 74 valence electrons. The molecule has 14 heavy (non-hydrogen) atoms. The maximum absolute atomic E-state index is 5.13. The summed E-state index contributed by atoms with van der Waals surface area (Å²) in [5.74, 6) is 3.38. The standard InChI is InChI=1S/C13H17N/c1-4-5-6-11(2)12(3)14-10-9-13-7-8-13/h1,5-6,10,13H,7-9H2,2-3H3/b6-5-,12-11+,14-10?. The quantitative estimate of drug-likeness (QED) is 0.363. The lowest BCUT2D eigenvalue weighted by molar-refractivity contribution is 0.905. The Bertz CT molecular complexity index is 309. The van der Waals surface area contributed by atoms with Crippen LogP contribution in [0.2, 0.25) is 0 Å². The third kappa shape index (κ3) is 4.09. The van der Waals surface area contributed by atoms with Crippen LogP contribution in [0, 0.1) is 18.3 Å². The second-order valence-corrected chi connectivity index (χ2v) is 3.76. The number of nitrogens with zero attached hydrogens (tertiary/aromatic N) is 1. The molecule has 0 bridgehead atoms. The van der Waals surface area contributed by atoms with Crippen molar-refractivity contribution >= 4 is 6.21 Å². The minimum atomic E-state index is 0.910. The van der Waals surface area contributed by atoms with Crippen molar-refractivity contribution < 1.29 is 0 Å². The molecule has 1 nitrogen and oxygen atoms in total. The molecule has 0 spiro atoms. The highest BCUT2D eigenvalue weighted by atomic mass is 14.7. The fraction of sp³-hybridized carbons (Fsp3) is 0.462. The zero-order valence-corrected chi connectivity index (χ0v) is 8.96. The molecular weight excluding hydrogens is 170 g/mol. The third-order valence-electron chi connectivity index (χ3n) is 2.42. The Morgan fingerprint density at radius 1 is 1.50 bits per heavy atom. The smallest absolute Gasteiger partial charge is 0.0398 e. The van der Waals surface area contributed by atoms with E-state index < -0.39 is 0 Å². The number of allylic oxidation sites excluding steroid dienone is 4. The molecule has 0 aromatic heterocycles. The van der Waals surface area contributed by atoms with Crippen LogP contribution >= 0.6 is 0 Å². The van der Waals surface area contributed by atoms with Gasteiger partial charge in [0.25, 0.3) is 0 Å². The van der Waals surface area contributed by atoms with Crippen LogP contribution in [-0.4, -0.2) is 6.21 Å². The molecule has 0 radical (unpaired) electrons. The molecule has 1 heteroatoms. The van der Waals surface area contributed by atoms with Gasteiger partial charge in [0.05, 0.1) is 0 Å². The molecule has 0 aromatic carbocycles. The van der Waals surface area contributed by atoms with Gasteiger partial charge in [0.15, 0.2) is 0 Å². The van der Waals surface area contributed by atoms with E-state index in [0.29, 0.717) is 0 Å². The zero-order valence-electron chi connectivity index (χ0n) is 8.96. The highest BCUT2D eigenvalue weighted by Gasteiger charge is 2.19. The summed E-state index contributed by atoms with van der Waals surface area (Å²) in [6, 6.07) is 0. The maximum Gasteiger partial charge on any atom is 0.0398 e. The van der Waals surface area contributed by atoms with E-state index in [-0.39, 0.29) is 0 Å². The van der Waals surface area contributed by atoms with Gasteiger partial charge in [0.1, 0.15) is 0 Å². The Kier molecular flexibility index (Phi) is 4.19. The highest BCUT2D eigenvalue weighted by molar-refractivity contribution is 5.60. The lowest BCUT2D eigenvalue weighted by Crippen LogP contribution is -1.81. The van der Waals surface area contributed by atoms with Crippen molar-refractivity contribution in [2.75, 3.05) is 0 Å². The first-order chi connectivity index (χ1) is 6.74. The van der Waals surface area contributed by atoms with Crippen LogP contribution in [0.5, 0.6) is 0 Å². The molecule has 0 saturated heterocycles. The van der Waals surface area contributed by atoms with Crippen molar-refractivity contribution in [2.45, 2.75) is 33.1 Å². The van der Waals surface area contributed by atoms with Crippen molar-refractivity contribution in [1.82, 2.24) is 0 Å². The molecule has 1 aliphatic rings. The van der Waals surface area contributed by atoms with E-state index >= 15 is 0 Å². The fourth-order valence-corrected chi connectivity index (χ4v) is 1.09. The Hall–Kier alpha value is -1.29.